The van der Waals surface area contributed by atoms with E-state index in [-0.39, 0.29) is 6.42 Å². The first-order valence-corrected chi connectivity index (χ1v) is 5.72. The van der Waals surface area contributed by atoms with Crippen LogP contribution in [0.15, 0.2) is 30.3 Å². The van der Waals surface area contributed by atoms with Crippen LogP contribution in [0.1, 0.15) is 12.0 Å². The van der Waals surface area contributed by atoms with Gasteiger partial charge < -0.3 is 5.11 Å². The van der Waals surface area contributed by atoms with Gasteiger partial charge >= 0.3 is 5.97 Å². The maximum atomic E-state index is 10.5. The number of carboxylic acid groups (broad SMARTS) is 1. The molecule has 2 rings (SSSR count). The molecule has 1 fully saturated rings. The van der Waals surface area contributed by atoms with Crippen molar-refractivity contribution in [2.24, 2.45) is 5.92 Å². The van der Waals surface area contributed by atoms with Crippen molar-refractivity contribution >= 4 is 5.97 Å². The van der Waals surface area contributed by atoms with Crippen LogP contribution in [-0.2, 0) is 4.79 Å². The van der Waals surface area contributed by atoms with Gasteiger partial charge in [0, 0.05) is 18.7 Å². The van der Waals surface area contributed by atoms with Crippen LogP contribution < -0.4 is 0 Å². The molecule has 1 heterocycles. The predicted molar refractivity (Wildman–Crippen MR) is 65.5 cm³/mol. The van der Waals surface area contributed by atoms with Gasteiger partial charge in [-0.3, -0.25) is 9.69 Å². The lowest BCUT2D eigenvalue weighted by Gasteiger charge is -2.37. The van der Waals surface area contributed by atoms with E-state index in [2.05, 4.69) is 16.7 Å². The molecule has 0 atom stereocenters. The fourth-order valence-corrected chi connectivity index (χ4v) is 1.96. The molecule has 1 aromatic rings. The number of carbonyl (C=O) groups is 1. The Bertz CT molecular complexity index is 438. The molecule has 0 unspecified atom stereocenters. The maximum absolute atomic E-state index is 10.5. The van der Waals surface area contributed by atoms with Gasteiger partial charge in [-0.2, -0.15) is 0 Å². The van der Waals surface area contributed by atoms with Gasteiger partial charge in [0.1, 0.15) is 0 Å². The molecule has 88 valence electrons. The van der Waals surface area contributed by atoms with Crippen molar-refractivity contribution in [2.45, 2.75) is 6.42 Å². The maximum Gasteiger partial charge on any atom is 0.303 e. The van der Waals surface area contributed by atoms with Gasteiger partial charge in [0.05, 0.1) is 13.0 Å². The van der Waals surface area contributed by atoms with Crippen molar-refractivity contribution in [3.63, 3.8) is 0 Å². The smallest absolute Gasteiger partial charge is 0.303 e. The van der Waals surface area contributed by atoms with Crippen LogP contribution >= 0.6 is 0 Å². The Morgan fingerprint density at radius 2 is 2.06 bits per heavy atom. The highest BCUT2D eigenvalue weighted by Crippen LogP contribution is 2.17. The summed E-state index contributed by atoms with van der Waals surface area (Å²) in [6, 6.07) is 9.87. The lowest BCUT2D eigenvalue weighted by molar-refractivity contribution is -0.139. The second kappa shape index (κ2) is 5.51. The molecule has 3 heteroatoms. The fourth-order valence-electron chi connectivity index (χ4n) is 1.96. The molecule has 1 aliphatic heterocycles. The first-order chi connectivity index (χ1) is 8.24. The summed E-state index contributed by atoms with van der Waals surface area (Å²) in [5.74, 6) is 5.80. The Hall–Kier alpha value is -1.79. The average molecular weight is 229 g/mol. The van der Waals surface area contributed by atoms with Gasteiger partial charge in [0.25, 0.3) is 0 Å². The van der Waals surface area contributed by atoms with Crippen molar-refractivity contribution in [1.82, 2.24) is 4.90 Å². The SMILES string of the molecule is O=C(O)CC1CN(CC#Cc2ccccc2)C1. The number of hydrogen-bond donors (Lipinski definition) is 1. The van der Waals surface area contributed by atoms with E-state index in [1.807, 2.05) is 30.3 Å². The van der Waals surface area contributed by atoms with Crippen LogP contribution in [0.3, 0.4) is 0 Å². The predicted octanol–water partition coefficient (Wildman–Crippen LogP) is 1.44. The normalized spacial score (nSPS) is 15.8. The van der Waals surface area contributed by atoms with E-state index in [1.165, 1.54) is 0 Å². The molecule has 1 aliphatic rings. The van der Waals surface area contributed by atoms with E-state index < -0.39 is 5.97 Å². The molecular formula is C14H15NO2. The molecular weight excluding hydrogens is 214 g/mol. The highest BCUT2D eigenvalue weighted by atomic mass is 16.4. The Balaban J connectivity index is 1.72. The third-order valence-electron chi connectivity index (χ3n) is 2.81. The summed E-state index contributed by atoms with van der Waals surface area (Å²) in [6.45, 7) is 2.44. The summed E-state index contributed by atoms with van der Waals surface area (Å²) in [5.41, 5.74) is 1.02. The summed E-state index contributed by atoms with van der Waals surface area (Å²) in [7, 11) is 0. The van der Waals surface area contributed by atoms with Gasteiger partial charge in [-0.25, -0.2) is 0 Å². The quantitative estimate of drug-likeness (QED) is 0.797. The molecule has 3 nitrogen and oxygen atoms in total. The summed E-state index contributed by atoms with van der Waals surface area (Å²) < 4.78 is 0. The van der Waals surface area contributed by atoms with Crippen LogP contribution in [0.25, 0.3) is 0 Å². The van der Waals surface area contributed by atoms with Crippen LogP contribution in [0.5, 0.6) is 0 Å². The van der Waals surface area contributed by atoms with Gasteiger partial charge in [0.15, 0.2) is 0 Å². The molecule has 1 aromatic carbocycles. The summed E-state index contributed by atoms with van der Waals surface area (Å²) >= 11 is 0. The summed E-state index contributed by atoms with van der Waals surface area (Å²) in [6.07, 6.45) is 0.280. The van der Waals surface area contributed by atoms with E-state index in [9.17, 15) is 4.79 Å². The second-order valence-electron chi connectivity index (χ2n) is 4.33. The number of carboxylic acids is 1. The number of rotatable bonds is 3. The molecule has 0 saturated carbocycles. The zero-order valence-corrected chi connectivity index (χ0v) is 9.60. The molecule has 17 heavy (non-hydrogen) atoms. The van der Waals surface area contributed by atoms with E-state index in [1.54, 1.807) is 0 Å². The molecule has 0 aliphatic carbocycles. The fraction of sp³-hybridized carbons (Fsp3) is 0.357. The highest BCUT2D eigenvalue weighted by Gasteiger charge is 2.27. The highest BCUT2D eigenvalue weighted by molar-refractivity contribution is 5.67. The van der Waals surface area contributed by atoms with E-state index in [0.717, 1.165) is 25.2 Å². The van der Waals surface area contributed by atoms with Crippen molar-refractivity contribution in [2.75, 3.05) is 19.6 Å². The molecule has 0 radical (unpaired) electrons. The largest absolute Gasteiger partial charge is 0.481 e. The lowest BCUT2D eigenvalue weighted by atomic mass is 9.97. The summed E-state index contributed by atoms with van der Waals surface area (Å²) in [4.78, 5) is 12.6. The van der Waals surface area contributed by atoms with Crippen LogP contribution in [0.4, 0.5) is 0 Å². The second-order valence-corrected chi connectivity index (χ2v) is 4.33. The molecule has 0 bridgehead atoms. The van der Waals surface area contributed by atoms with Crippen LogP contribution in [0.2, 0.25) is 0 Å². The standard InChI is InChI=1S/C14H15NO2/c16-14(17)9-13-10-15(11-13)8-4-7-12-5-2-1-3-6-12/h1-3,5-6,13H,8-11H2,(H,16,17). The van der Waals surface area contributed by atoms with E-state index in [4.69, 9.17) is 5.11 Å². The lowest BCUT2D eigenvalue weighted by Crippen LogP contribution is -2.47. The van der Waals surface area contributed by atoms with Gasteiger partial charge in [-0.1, -0.05) is 30.0 Å². The van der Waals surface area contributed by atoms with Gasteiger partial charge in [-0.05, 0) is 18.1 Å². The van der Waals surface area contributed by atoms with Gasteiger partial charge in [0.2, 0.25) is 0 Å². The van der Waals surface area contributed by atoms with Crippen molar-refractivity contribution in [3.05, 3.63) is 35.9 Å². The summed E-state index contributed by atoms with van der Waals surface area (Å²) in [5, 5.41) is 8.61. The zero-order valence-electron chi connectivity index (χ0n) is 9.60. The minimum Gasteiger partial charge on any atom is -0.481 e. The molecule has 0 aromatic heterocycles. The minimum atomic E-state index is -0.704. The first kappa shape index (κ1) is 11.7. The number of likely N-dealkylation sites (tertiary alicyclic amines) is 1. The molecule has 1 saturated heterocycles. The monoisotopic (exact) mass is 229 g/mol. The van der Waals surface area contributed by atoms with Crippen LogP contribution in [-0.4, -0.2) is 35.6 Å². The number of benzene rings is 1. The van der Waals surface area contributed by atoms with Crippen molar-refractivity contribution in [3.8, 4) is 11.8 Å². The Morgan fingerprint density at radius 1 is 1.35 bits per heavy atom. The Kier molecular flexibility index (Phi) is 3.79. The molecule has 0 amide bonds. The zero-order chi connectivity index (χ0) is 12.1. The molecule has 0 spiro atoms. The van der Waals surface area contributed by atoms with Crippen molar-refractivity contribution in [1.29, 1.82) is 0 Å². The number of aliphatic carboxylic acids is 1. The Morgan fingerprint density at radius 3 is 2.71 bits per heavy atom. The first-order valence-electron chi connectivity index (χ1n) is 5.72. The van der Waals surface area contributed by atoms with Crippen molar-refractivity contribution < 1.29 is 9.90 Å². The minimum absolute atomic E-state index is 0.280. The topological polar surface area (TPSA) is 40.5 Å². The average Bonchev–Trinajstić information content (AvgIpc) is 2.26. The van der Waals surface area contributed by atoms with Gasteiger partial charge in [-0.15, -0.1) is 0 Å². The molecule has 1 N–H and O–H groups in total. The van der Waals surface area contributed by atoms with Crippen LogP contribution in [0, 0.1) is 17.8 Å². The van der Waals surface area contributed by atoms with E-state index >= 15 is 0 Å². The number of nitrogens with zero attached hydrogens (tertiary/aromatic N) is 1. The third-order valence-corrected chi connectivity index (χ3v) is 2.81. The van der Waals surface area contributed by atoms with E-state index in [0.29, 0.717) is 5.92 Å². The number of hydrogen-bond acceptors (Lipinski definition) is 2. The Labute approximate surface area is 101 Å². The third kappa shape index (κ3) is 3.61.